The lowest BCUT2D eigenvalue weighted by atomic mass is 10.2. The smallest absolute Gasteiger partial charge is 0.344 e. The van der Waals surface area contributed by atoms with Gasteiger partial charge in [0.2, 0.25) is 0 Å². The lowest BCUT2D eigenvalue weighted by molar-refractivity contribution is -0.156. The van der Waals surface area contributed by atoms with Gasteiger partial charge in [0.05, 0.1) is 0 Å². The predicted molar refractivity (Wildman–Crippen MR) is 74.8 cm³/mol. The third-order valence-corrected chi connectivity index (χ3v) is 2.58. The molecular formula is C14H18N2O5. The van der Waals surface area contributed by atoms with Crippen molar-refractivity contribution in [1.29, 1.82) is 0 Å². The molecule has 0 aliphatic heterocycles. The lowest BCUT2D eigenvalue weighted by Crippen LogP contribution is -2.43. The molecule has 0 radical (unpaired) electrons. The maximum Gasteiger partial charge on any atom is 0.344 e. The number of carbonyl (C=O) groups is 3. The first-order chi connectivity index (χ1) is 9.93. The van der Waals surface area contributed by atoms with Crippen molar-refractivity contribution in [2.45, 2.75) is 20.0 Å². The Morgan fingerprint density at radius 1 is 1.24 bits per heavy atom. The highest BCUT2D eigenvalue weighted by atomic mass is 16.6. The predicted octanol–water partition coefficient (Wildman–Crippen LogP) is 0.761. The summed E-state index contributed by atoms with van der Waals surface area (Å²) in [7, 11) is 1.37. The van der Waals surface area contributed by atoms with E-state index in [9.17, 15) is 14.4 Å². The number of rotatable bonds is 5. The van der Waals surface area contributed by atoms with Crippen LogP contribution in [0.4, 0.5) is 4.79 Å². The SMILES string of the molecule is CNC(=O)NC(=O)[C@@H](C)OC(=O)COc1ccccc1C. The molecule has 1 rings (SSSR count). The van der Waals surface area contributed by atoms with Crippen LogP contribution in [0.2, 0.25) is 0 Å². The molecule has 0 heterocycles. The van der Waals surface area contributed by atoms with Crippen LogP contribution in [0.15, 0.2) is 24.3 Å². The number of amides is 3. The van der Waals surface area contributed by atoms with Crippen LogP contribution in [0, 0.1) is 6.92 Å². The molecule has 0 spiro atoms. The minimum absolute atomic E-state index is 0.317. The summed E-state index contributed by atoms with van der Waals surface area (Å²) in [5.41, 5.74) is 0.885. The summed E-state index contributed by atoms with van der Waals surface area (Å²) in [6.07, 6.45) is -1.09. The standard InChI is InChI=1S/C14H18N2O5/c1-9-6-4-5-7-11(9)20-8-12(17)21-10(2)13(18)16-14(19)15-3/h4-7,10H,8H2,1-3H3,(H2,15,16,18,19)/t10-/m1/s1. The van der Waals surface area contributed by atoms with E-state index >= 15 is 0 Å². The number of aryl methyl sites for hydroxylation is 1. The van der Waals surface area contributed by atoms with Crippen LogP contribution >= 0.6 is 0 Å². The van der Waals surface area contributed by atoms with Crippen molar-refractivity contribution in [3.63, 3.8) is 0 Å². The molecule has 2 N–H and O–H groups in total. The summed E-state index contributed by atoms with van der Waals surface area (Å²) in [6.45, 7) is 2.90. The molecule has 1 aromatic carbocycles. The molecule has 0 unspecified atom stereocenters. The molecular weight excluding hydrogens is 276 g/mol. The average Bonchev–Trinajstić information content (AvgIpc) is 2.46. The fraction of sp³-hybridized carbons (Fsp3) is 0.357. The van der Waals surface area contributed by atoms with Gasteiger partial charge in [-0.1, -0.05) is 18.2 Å². The molecule has 0 aromatic heterocycles. The number of ether oxygens (including phenoxy) is 2. The average molecular weight is 294 g/mol. The Hall–Kier alpha value is -2.57. The van der Waals surface area contributed by atoms with Crippen LogP contribution in [0.25, 0.3) is 0 Å². The largest absolute Gasteiger partial charge is 0.482 e. The third-order valence-electron chi connectivity index (χ3n) is 2.58. The second-order valence-corrected chi connectivity index (χ2v) is 4.25. The second-order valence-electron chi connectivity index (χ2n) is 4.25. The van der Waals surface area contributed by atoms with E-state index in [4.69, 9.17) is 9.47 Å². The number of para-hydroxylation sites is 1. The monoisotopic (exact) mass is 294 g/mol. The molecule has 0 fully saturated rings. The fourth-order valence-corrected chi connectivity index (χ4v) is 1.42. The first-order valence-corrected chi connectivity index (χ1v) is 6.34. The van der Waals surface area contributed by atoms with Crippen LogP contribution < -0.4 is 15.4 Å². The number of esters is 1. The van der Waals surface area contributed by atoms with E-state index in [2.05, 4.69) is 5.32 Å². The van der Waals surface area contributed by atoms with Gasteiger partial charge in [-0.2, -0.15) is 0 Å². The molecule has 114 valence electrons. The van der Waals surface area contributed by atoms with Gasteiger partial charge in [0.25, 0.3) is 5.91 Å². The number of benzene rings is 1. The van der Waals surface area contributed by atoms with Gasteiger partial charge in [-0.25, -0.2) is 9.59 Å². The third kappa shape index (κ3) is 5.52. The Bertz CT molecular complexity index is 530. The van der Waals surface area contributed by atoms with Crippen LogP contribution in [-0.2, 0) is 14.3 Å². The molecule has 0 saturated carbocycles. The number of nitrogens with one attached hydrogen (secondary N) is 2. The number of hydrogen-bond acceptors (Lipinski definition) is 5. The summed E-state index contributed by atoms with van der Waals surface area (Å²) in [4.78, 5) is 34.0. The Morgan fingerprint density at radius 2 is 1.90 bits per heavy atom. The molecule has 1 atom stereocenters. The fourth-order valence-electron chi connectivity index (χ4n) is 1.42. The first kappa shape index (κ1) is 16.5. The van der Waals surface area contributed by atoms with Crippen molar-refractivity contribution in [3.8, 4) is 5.75 Å². The van der Waals surface area contributed by atoms with Crippen molar-refractivity contribution in [1.82, 2.24) is 10.6 Å². The molecule has 0 aliphatic carbocycles. The van der Waals surface area contributed by atoms with Crippen molar-refractivity contribution in [3.05, 3.63) is 29.8 Å². The highest BCUT2D eigenvalue weighted by Gasteiger charge is 2.19. The minimum atomic E-state index is -1.09. The zero-order valence-electron chi connectivity index (χ0n) is 12.1. The quantitative estimate of drug-likeness (QED) is 0.782. The van der Waals surface area contributed by atoms with Gasteiger partial charge >= 0.3 is 12.0 Å². The van der Waals surface area contributed by atoms with E-state index < -0.39 is 24.0 Å². The second kappa shape index (κ2) is 7.88. The van der Waals surface area contributed by atoms with Crippen molar-refractivity contribution in [2.24, 2.45) is 0 Å². The van der Waals surface area contributed by atoms with Crippen LogP contribution in [-0.4, -0.2) is 37.7 Å². The molecule has 0 aliphatic rings. The van der Waals surface area contributed by atoms with E-state index in [1.807, 2.05) is 24.4 Å². The molecule has 21 heavy (non-hydrogen) atoms. The summed E-state index contributed by atoms with van der Waals surface area (Å²) in [5, 5.41) is 4.23. The molecule has 7 heteroatoms. The summed E-state index contributed by atoms with van der Waals surface area (Å²) < 4.78 is 10.2. The van der Waals surface area contributed by atoms with E-state index in [1.165, 1.54) is 14.0 Å². The Kier molecular flexibility index (Phi) is 6.19. The number of carbonyl (C=O) groups excluding carboxylic acids is 3. The highest BCUT2D eigenvalue weighted by Crippen LogP contribution is 2.15. The first-order valence-electron chi connectivity index (χ1n) is 6.34. The van der Waals surface area contributed by atoms with E-state index in [0.29, 0.717) is 5.75 Å². The van der Waals surface area contributed by atoms with Crippen molar-refractivity contribution < 1.29 is 23.9 Å². The summed E-state index contributed by atoms with van der Waals surface area (Å²) >= 11 is 0. The maximum atomic E-state index is 11.6. The van der Waals surface area contributed by atoms with Gasteiger partial charge in [0.15, 0.2) is 12.7 Å². The van der Waals surface area contributed by atoms with Crippen LogP contribution in [0.5, 0.6) is 5.75 Å². The highest BCUT2D eigenvalue weighted by molar-refractivity contribution is 5.97. The lowest BCUT2D eigenvalue weighted by Gasteiger charge is -2.13. The van der Waals surface area contributed by atoms with Gasteiger partial charge in [0.1, 0.15) is 5.75 Å². The maximum absolute atomic E-state index is 11.6. The van der Waals surface area contributed by atoms with Gasteiger partial charge < -0.3 is 14.8 Å². The van der Waals surface area contributed by atoms with Crippen molar-refractivity contribution in [2.75, 3.05) is 13.7 Å². The van der Waals surface area contributed by atoms with Gasteiger partial charge in [-0.05, 0) is 25.5 Å². The minimum Gasteiger partial charge on any atom is -0.482 e. The topological polar surface area (TPSA) is 93.7 Å². The number of imide groups is 1. The van der Waals surface area contributed by atoms with E-state index in [-0.39, 0.29) is 6.61 Å². The molecule has 0 saturated heterocycles. The summed E-state index contributed by atoms with van der Waals surface area (Å²) in [5.74, 6) is -0.840. The Labute approximate surface area is 122 Å². The van der Waals surface area contributed by atoms with Crippen molar-refractivity contribution >= 4 is 17.9 Å². The van der Waals surface area contributed by atoms with E-state index in [0.717, 1.165) is 5.56 Å². The summed E-state index contributed by atoms with van der Waals surface area (Å²) in [6, 6.07) is 6.54. The number of hydrogen-bond donors (Lipinski definition) is 2. The zero-order chi connectivity index (χ0) is 15.8. The molecule has 7 nitrogen and oxygen atoms in total. The normalized spacial score (nSPS) is 11.2. The molecule has 3 amide bonds. The Morgan fingerprint density at radius 3 is 2.52 bits per heavy atom. The van der Waals surface area contributed by atoms with Crippen LogP contribution in [0.1, 0.15) is 12.5 Å². The molecule has 1 aromatic rings. The van der Waals surface area contributed by atoms with Gasteiger partial charge in [-0.15, -0.1) is 0 Å². The van der Waals surface area contributed by atoms with Gasteiger partial charge in [-0.3, -0.25) is 10.1 Å². The van der Waals surface area contributed by atoms with Gasteiger partial charge in [0, 0.05) is 7.05 Å². The van der Waals surface area contributed by atoms with Crippen LogP contribution in [0.3, 0.4) is 0 Å². The number of urea groups is 1. The zero-order valence-corrected chi connectivity index (χ0v) is 12.1. The Balaban J connectivity index is 2.41. The van der Waals surface area contributed by atoms with E-state index in [1.54, 1.807) is 12.1 Å². The molecule has 0 bridgehead atoms.